The van der Waals surface area contributed by atoms with Crippen LogP contribution in [0.5, 0.6) is 0 Å². The molecule has 8 heteroatoms. The first-order chi connectivity index (χ1) is 4.92. The zero-order valence-corrected chi connectivity index (χ0v) is 6.32. The summed E-state index contributed by atoms with van der Waals surface area (Å²) in [4.78, 5) is 26.0. The molecule has 0 saturated heterocycles. The van der Waals surface area contributed by atoms with Gasteiger partial charge >= 0.3 is 13.9 Å². The normalized spacial score (nSPS) is 11.1. The zero-order chi connectivity index (χ0) is 8.91. The number of carbonyl (C=O) groups is 1. The topological polar surface area (TPSA) is 116 Å². The summed E-state index contributed by atoms with van der Waals surface area (Å²) in [6.07, 6.45) is -1.26. The molecule has 0 aromatic heterocycles. The van der Waals surface area contributed by atoms with E-state index in [-0.39, 0.29) is 13.2 Å². The molecule has 0 atom stereocenters. The number of carboxylic acid groups (broad SMARTS) is 1. The molecule has 4 N–H and O–H groups in total. The van der Waals surface area contributed by atoms with Crippen LogP contribution < -0.4 is 5.32 Å². The largest absolute Gasteiger partial charge is 0.469 e. The van der Waals surface area contributed by atoms with Crippen LogP contribution in [0, 0.1) is 0 Å². The van der Waals surface area contributed by atoms with Crippen molar-refractivity contribution < 1.29 is 28.8 Å². The second kappa shape index (κ2) is 4.30. The van der Waals surface area contributed by atoms with E-state index in [2.05, 4.69) is 4.52 Å². The Morgan fingerprint density at radius 3 is 2.45 bits per heavy atom. The molecule has 7 nitrogen and oxygen atoms in total. The minimum atomic E-state index is -4.46. The molecule has 0 aliphatic carbocycles. The number of amides is 1. The number of nitrogens with one attached hydrogen (secondary N) is 1. The predicted octanol–water partition coefficient (Wildman–Crippen LogP) is -0.637. The van der Waals surface area contributed by atoms with Crippen molar-refractivity contribution in [2.45, 2.75) is 0 Å². The third-order valence-electron chi connectivity index (χ3n) is 0.638. The molecule has 0 rings (SSSR count). The fourth-order valence-corrected chi connectivity index (χ4v) is 0.652. The Labute approximate surface area is 62.2 Å². The van der Waals surface area contributed by atoms with E-state index in [0.717, 1.165) is 0 Å². The van der Waals surface area contributed by atoms with E-state index >= 15 is 0 Å². The van der Waals surface area contributed by atoms with Crippen LogP contribution in [0.1, 0.15) is 0 Å². The highest BCUT2D eigenvalue weighted by Gasteiger charge is 2.12. The lowest BCUT2D eigenvalue weighted by molar-refractivity contribution is 0.178. The van der Waals surface area contributed by atoms with Crippen LogP contribution in [0.15, 0.2) is 0 Å². The standard InChI is InChI=1S/C3H8NO6P/c5-3(6)4-1-2-10-11(7,8)9/h4H,1-2H2,(H,5,6)(H2,7,8,9). The third-order valence-corrected chi connectivity index (χ3v) is 1.16. The second-order valence-corrected chi connectivity index (χ2v) is 2.80. The summed E-state index contributed by atoms with van der Waals surface area (Å²) in [7, 11) is -4.46. The number of phosphoric acid groups is 1. The average molecular weight is 185 g/mol. The summed E-state index contributed by atoms with van der Waals surface area (Å²) in [5, 5.41) is 9.85. The lowest BCUT2D eigenvalue weighted by Crippen LogP contribution is -2.24. The van der Waals surface area contributed by atoms with E-state index < -0.39 is 13.9 Å². The van der Waals surface area contributed by atoms with E-state index in [4.69, 9.17) is 14.9 Å². The van der Waals surface area contributed by atoms with Crippen LogP contribution in [0.4, 0.5) is 4.79 Å². The molecule has 0 saturated carbocycles. The smallest absolute Gasteiger partial charge is 0.465 e. The minimum Gasteiger partial charge on any atom is -0.465 e. The maximum Gasteiger partial charge on any atom is 0.469 e. The van der Waals surface area contributed by atoms with Crippen molar-refractivity contribution in [3.63, 3.8) is 0 Å². The van der Waals surface area contributed by atoms with Gasteiger partial charge in [0.2, 0.25) is 0 Å². The molecule has 0 radical (unpaired) electrons. The lowest BCUT2D eigenvalue weighted by atomic mass is 10.7. The van der Waals surface area contributed by atoms with Gasteiger partial charge in [0.05, 0.1) is 6.61 Å². The van der Waals surface area contributed by atoms with E-state index in [0.29, 0.717) is 0 Å². The molecule has 66 valence electrons. The third kappa shape index (κ3) is 9.38. The van der Waals surface area contributed by atoms with Gasteiger partial charge in [-0.2, -0.15) is 0 Å². The van der Waals surface area contributed by atoms with Crippen LogP contribution in [0.2, 0.25) is 0 Å². The lowest BCUT2D eigenvalue weighted by Gasteiger charge is -2.03. The highest BCUT2D eigenvalue weighted by molar-refractivity contribution is 7.46. The Bertz CT molecular complexity index is 175. The van der Waals surface area contributed by atoms with E-state index in [1.807, 2.05) is 5.32 Å². The average Bonchev–Trinajstić information content (AvgIpc) is 1.78. The molecule has 0 unspecified atom stereocenters. The van der Waals surface area contributed by atoms with Gasteiger partial charge in [0, 0.05) is 6.54 Å². The van der Waals surface area contributed by atoms with Gasteiger partial charge < -0.3 is 20.2 Å². The molecule has 0 aromatic carbocycles. The Morgan fingerprint density at radius 1 is 1.55 bits per heavy atom. The molecule has 0 aliphatic heterocycles. The molecule has 11 heavy (non-hydrogen) atoms. The molecular weight excluding hydrogens is 177 g/mol. The maximum absolute atomic E-state index is 9.97. The number of hydrogen-bond acceptors (Lipinski definition) is 3. The summed E-state index contributed by atoms with van der Waals surface area (Å²) < 4.78 is 13.9. The van der Waals surface area contributed by atoms with Crippen LogP contribution >= 0.6 is 7.82 Å². The van der Waals surface area contributed by atoms with Crippen molar-refractivity contribution in [3.05, 3.63) is 0 Å². The van der Waals surface area contributed by atoms with E-state index in [9.17, 15) is 9.36 Å². The number of hydrogen-bond donors (Lipinski definition) is 4. The van der Waals surface area contributed by atoms with Gasteiger partial charge in [-0.05, 0) is 0 Å². The molecule has 0 fully saturated rings. The van der Waals surface area contributed by atoms with Crippen LogP contribution in [-0.4, -0.2) is 34.1 Å². The Kier molecular flexibility index (Phi) is 4.06. The second-order valence-electron chi connectivity index (χ2n) is 1.56. The molecule has 0 spiro atoms. The zero-order valence-electron chi connectivity index (χ0n) is 5.43. The number of rotatable bonds is 4. The Balaban J connectivity index is 3.29. The van der Waals surface area contributed by atoms with Crippen molar-refractivity contribution in [1.29, 1.82) is 0 Å². The van der Waals surface area contributed by atoms with Crippen molar-refractivity contribution >= 4 is 13.9 Å². The van der Waals surface area contributed by atoms with E-state index in [1.165, 1.54) is 0 Å². The van der Waals surface area contributed by atoms with Crippen LogP contribution in [0.3, 0.4) is 0 Å². The molecule has 0 heterocycles. The Hall–Kier alpha value is -0.620. The SMILES string of the molecule is O=C(O)NCCOP(=O)(O)O. The van der Waals surface area contributed by atoms with Gasteiger partial charge in [-0.1, -0.05) is 0 Å². The fraction of sp³-hybridized carbons (Fsp3) is 0.667. The maximum atomic E-state index is 9.97. The van der Waals surface area contributed by atoms with Crippen molar-refractivity contribution in [2.24, 2.45) is 0 Å². The molecule has 0 bridgehead atoms. The Morgan fingerprint density at radius 2 is 2.09 bits per heavy atom. The van der Waals surface area contributed by atoms with Gasteiger partial charge in [0.1, 0.15) is 0 Å². The number of phosphoric ester groups is 1. The molecule has 0 aromatic rings. The highest BCUT2D eigenvalue weighted by atomic mass is 31.2. The first-order valence-electron chi connectivity index (χ1n) is 2.59. The first-order valence-corrected chi connectivity index (χ1v) is 4.12. The van der Waals surface area contributed by atoms with Crippen molar-refractivity contribution in [3.8, 4) is 0 Å². The predicted molar refractivity (Wildman–Crippen MR) is 34.0 cm³/mol. The summed E-state index contributed by atoms with van der Waals surface area (Å²) in [5.74, 6) is 0. The molecule has 0 aliphatic rings. The van der Waals surface area contributed by atoms with Gasteiger partial charge in [0.15, 0.2) is 0 Å². The van der Waals surface area contributed by atoms with Gasteiger partial charge in [-0.25, -0.2) is 9.36 Å². The minimum absolute atomic E-state index is 0.152. The monoisotopic (exact) mass is 185 g/mol. The first kappa shape index (κ1) is 10.4. The van der Waals surface area contributed by atoms with Gasteiger partial charge in [-0.3, -0.25) is 4.52 Å². The van der Waals surface area contributed by atoms with E-state index in [1.54, 1.807) is 0 Å². The van der Waals surface area contributed by atoms with Crippen molar-refractivity contribution in [1.82, 2.24) is 5.32 Å². The molecule has 1 amide bonds. The fourth-order valence-electron chi connectivity index (χ4n) is 0.323. The molecular formula is C3H8NO6P. The van der Waals surface area contributed by atoms with Gasteiger partial charge in [-0.15, -0.1) is 0 Å². The summed E-state index contributed by atoms with van der Waals surface area (Å²) in [5.41, 5.74) is 0. The summed E-state index contributed by atoms with van der Waals surface area (Å²) >= 11 is 0. The van der Waals surface area contributed by atoms with Gasteiger partial charge in [0.25, 0.3) is 0 Å². The van der Waals surface area contributed by atoms with Crippen LogP contribution in [0.25, 0.3) is 0 Å². The highest BCUT2D eigenvalue weighted by Crippen LogP contribution is 2.34. The van der Waals surface area contributed by atoms with Crippen LogP contribution in [-0.2, 0) is 9.09 Å². The summed E-state index contributed by atoms with van der Waals surface area (Å²) in [6, 6.07) is 0. The summed E-state index contributed by atoms with van der Waals surface area (Å²) in [6.45, 7) is -0.503. The van der Waals surface area contributed by atoms with Crippen molar-refractivity contribution in [2.75, 3.05) is 13.2 Å². The quantitative estimate of drug-likeness (QED) is 0.342.